The number of aliphatic hydroxyl groups excluding tert-OH is 1. The minimum absolute atomic E-state index is 0.291. The highest BCUT2D eigenvalue weighted by Crippen LogP contribution is 2.29. The van der Waals surface area contributed by atoms with Crippen LogP contribution in [0.15, 0.2) is 0 Å². The molecule has 2 N–H and O–H groups in total. The largest absolute Gasteiger partial charge is 0.396 e. The highest BCUT2D eigenvalue weighted by molar-refractivity contribution is 4.82. The van der Waals surface area contributed by atoms with E-state index in [2.05, 4.69) is 22.0 Å². The topological polar surface area (TPSA) is 38.7 Å². The highest BCUT2D eigenvalue weighted by Gasteiger charge is 2.26. The van der Waals surface area contributed by atoms with Gasteiger partial charge in [0.1, 0.15) is 0 Å². The van der Waals surface area contributed by atoms with Gasteiger partial charge in [-0.25, -0.2) is 0 Å². The van der Waals surface area contributed by atoms with E-state index < -0.39 is 0 Å². The number of hydrogen-bond donors (Lipinski definition) is 2. The first-order valence-corrected chi connectivity index (χ1v) is 7.60. The summed E-state index contributed by atoms with van der Waals surface area (Å²) in [6, 6.07) is 0.454. The molecule has 0 aromatic carbocycles. The van der Waals surface area contributed by atoms with Crippen molar-refractivity contribution in [3.63, 3.8) is 0 Å². The molecule has 4 nitrogen and oxygen atoms in total. The monoisotopic (exact) mass is 255 g/mol. The number of hydrogen-bond acceptors (Lipinski definition) is 4. The molecular weight excluding hydrogens is 226 g/mol. The molecule has 1 saturated carbocycles. The van der Waals surface area contributed by atoms with Gasteiger partial charge in [-0.3, -0.25) is 4.90 Å². The molecule has 106 valence electrons. The van der Waals surface area contributed by atoms with Crippen LogP contribution in [0.25, 0.3) is 0 Å². The summed E-state index contributed by atoms with van der Waals surface area (Å²) in [5.41, 5.74) is 0. The summed E-state index contributed by atoms with van der Waals surface area (Å²) in [5, 5.41) is 12.5. The van der Waals surface area contributed by atoms with Gasteiger partial charge in [-0.05, 0) is 31.7 Å². The molecule has 2 fully saturated rings. The van der Waals surface area contributed by atoms with E-state index in [-0.39, 0.29) is 0 Å². The van der Waals surface area contributed by atoms with Gasteiger partial charge >= 0.3 is 0 Å². The lowest BCUT2D eigenvalue weighted by Gasteiger charge is -2.36. The first-order chi connectivity index (χ1) is 8.81. The molecule has 1 aliphatic heterocycles. The van der Waals surface area contributed by atoms with Crippen LogP contribution in [-0.4, -0.2) is 73.4 Å². The van der Waals surface area contributed by atoms with E-state index in [9.17, 15) is 0 Å². The molecule has 0 radical (unpaired) electrons. The van der Waals surface area contributed by atoms with Crippen LogP contribution >= 0.6 is 0 Å². The van der Waals surface area contributed by atoms with Crippen LogP contribution in [0.3, 0.4) is 0 Å². The van der Waals surface area contributed by atoms with Gasteiger partial charge in [0.25, 0.3) is 0 Å². The van der Waals surface area contributed by atoms with Crippen molar-refractivity contribution in [3.8, 4) is 0 Å². The Kier molecular flexibility index (Phi) is 5.89. The normalized spacial score (nSPS) is 24.3. The van der Waals surface area contributed by atoms with E-state index in [4.69, 9.17) is 5.11 Å². The number of likely N-dealkylation sites (N-methyl/N-ethyl adjacent to an activating group) is 1. The van der Waals surface area contributed by atoms with Gasteiger partial charge in [0.05, 0.1) is 0 Å². The van der Waals surface area contributed by atoms with E-state index in [0.29, 0.717) is 12.6 Å². The summed E-state index contributed by atoms with van der Waals surface area (Å²) in [6.07, 6.45) is 3.79. The van der Waals surface area contributed by atoms with Crippen LogP contribution in [-0.2, 0) is 0 Å². The van der Waals surface area contributed by atoms with E-state index in [0.717, 1.165) is 25.4 Å². The van der Waals surface area contributed by atoms with Crippen molar-refractivity contribution in [2.45, 2.75) is 32.2 Å². The van der Waals surface area contributed by atoms with Crippen LogP contribution in [0.4, 0.5) is 0 Å². The summed E-state index contributed by atoms with van der Waals surface area (Å²) in [5.74, 6) is 1.01. The molecule has 0 aromatic rings. The number of nitrogens with one attached hydrogen (secondary N) is 1. The first kappa shape index (κ1) is 14.3. The third-order valence-corrected chi connectivity index (χ3v) is 4.13. The van der Waals surface area contributed by atoms with Gasteiger partial charge in [-0.15, -0.1) is 0 Å². The molecule has 1 unspecified atom stereocenters. The SMILES string of the molecule is CCNC(CCO)CN1CCN(CC2CC2)CC1. The fourth-order valence-corrected chi connectivity index (χ4v) is 2.83. The Labute approximate surface area is 111 Å². The standard InChI is InChI=1S/C14H29N3O/c1-2-15-14(5-10-18)12-17-8-6-16(7-9-17)11-13-3-4-13/h13-15,18H,2-12H2,1H3. The van der Waals surface area contributed by atoms with Crippen molar-refractivity contribution in [2.24, 2.45) is 5.92 Å². The number of rotatable bonds is 8. The zero-order valence-corrected chi connectivity index (χ0v) is 11.8. The van der Waals surface area contributed by atoms with E-state index >= 15 is 0 Å². The molecule has 4 heteroatoms. The quantitative estimate of drug-likeness (QED) is 0.657. The second kappa shape index (κ2) is 7.43. The van der Waals surface area contributed by atoms with E-state index in [1.165, 1.54) is 45.6 Å². The molecule has 18 heavy (non-hydrogen) atoms. The third kappa shape index (κ3) is 4.84. The molecule has 0 amide bonds. The predicted octanol–water partition coefficient (Wildman–Crippen LogP) is 0.375. The van der Waals surface area contributed by atoms with Crippen LogP contribution in [0.1, 0.15) is 26.2 Å². The van der Waals surface area contributed by atoms with Crippen molar-refractivity contribution in [2.75, 3.05) is 52.4 Å². The first-order valence-electron chi connectivity index (χ1n) is 7.60. The third-order valence-electron chi connectivity index (χ3n) is 4.13. The van der Waals surface area contributed by atoms with Crippen molar-refractivity contribution in [3.05, 3.63) is 0 Å². The smallest absolute Gasteiger partial charge is 0.0446 e. The average molecular weight is 255 g/mol. The molecule has 0 aromatic heterocycles. The van der Waals surface area contributed by atoms with Crippen LogP contribution in [0, 0.1) is 5.92 Å². The number of aliphatic hydroxyl groups is 1. The lowest BCUT2D eigenvalue weighted by molar-refractivity contribution is 0.115. The second-order valence-electron chi connectivity index (χ2n) is 5.81. The van der Waals surface area contributed by atoms with E-state index in [1.807, 2.05) is 0 Å². The van der Waals surface area contributed by atoms with Gasteiger partial charge in [0, 0.05) is 51.9 Å². The number of piperazine rings is 1. The van der Waals surface area contributed by atoms with Gasteiger partial charge in [-0.1, -0.05) is 6.92 Å². The molecule has 1 saturated heterocycles. The van der Waals surface area contributed by atoms with E-state index in [1.54, 1.807) is 0 Å². The summed E-state index contributed by atoms with van der Waals surface area (Å²) in [6.45, 7) is 10.7. The Balaban J connectivity index is 1.64. The fraction of sp³-hybridized carbons (Fsp3) is 1.00. The Hall–Kier alpha value is -0.160. The van der Waals surface area contributed by atoms with Gasteiger partial charge in [0.15, 0.2) is 0 Å². The zero-order valence-electron chi connectivity index (χ0n) is 11.8. The van der Waals surface area contributed by atoms with Crippen LogP contribution in [0.5, 0.6) is 0 Å². The maximum absolute atomic E-state index is 9.07. The molecule has 1 aliphatic carbocycles. The molecule has 2 aliphatic rings. The average Bonchev–Trinajstić information content (AvgIpc) is 3.16. The molecule has 1 atom stereocenters. The van der Waals surface area contributed by atoms with Crippen LogP contribution < -0.4 is 5.32 Å². The summed E-state index contributed by atoms with van der Waals surface area (Å²) in [7, 11) is 0. The van der Waals surface area contributed by atoms with Gasteiger partial charge < -0.3 is 15.3 Å². The minimum atomic E-state index is 0.291. The van der Waals surface area contributed by atoms with Gasteiger partial charge in [0.2, 0.25) is 0 Å². The maximum Gasteiger partial charge on any atom is 0.0446 e. The summed E-state index contributed by atoms with van der Waals surface area (Å²) in [4.78, 5) is 5.18. The zero-order chi connectivity index (χ0) is 12.8. The molecule has 2 rings (SSSR count). The van der Waals surface area contributed by atoms with Crippen molar-refractivity contribution in [1.29, 1.82) is 0 Å². The minimum Gasteiger partial charge on any atom is -0.396 e. The molecule has 1 heterocycles. The summed E-state index contributed by atoms with van der Waals surface area (Å²) < 4.78 is 0. The Morgan fingerprint density at radius 1 is 1.17 bits per heavy atom. The van der Waals surface area contributed by atoms with Crippen molar-refractivity contribution < 1.29 is 5.11 Å². The van der Waals surface area contributed by atoms with Crippen LogP contribution in [0.2, 0.25) is 0 Å². The molecule has 0 bridgehead atoms. The second-order valence-corrected chi connectivity index (χ2v) is 5.81. The lowest BCUT2D eigenvalue weighted by Crippen LogP contribution is -2.51. The predicted molar refractivity (Wildman–Crippen MR) is 74.8 cm³/mol. The van der Waals surface area contributed by atoms with Gasteiger partial charge in [-0.2, -0.15) is 0 Å². The highest BCUT2D eigenvalue weighted by atomic mass is 16.3. The van der Waals surface area contributed by atoms with Crippen molar-refractivity contribution >= 4 is 0 Å². The maximum atomic E-state index is 9.07. The molecular formula is C14H29N3O. The lowest BCUT2D eigenvalue weighted by atomic mass is 10.1. The molecule has 0 spiro atoms. The van der Waals surface area contributed by atoms with Crippen molar-refractivity contribution in [1.82, 2.24) is 15.1 Å². The number of nitrogens with zero attached hydrogens (tertiary/aromatic N) is 2. The summed E-state index contributed by atoms with van der Waals surface area (Å²) >= 11 is 0. The Morgan fingerprint density at radius 2 is 1.83 bits per heavy atom. The fourth-order valence-electron chi connectivity index (χ4n) is 2.83. The Morgan fingerprint density at radius 3 is 2.39 bits per heavy atom. The Bertz CT molecular complexity index is 219.